The van der Waals surface area contributed by atoms with Gasteiger partial charge in [-0.05, 0) is 65.1 Å². The van der Waals surface area contributed by atoms with Crippen LogP contribution in [-0.4, -0.2) is 48.4 Å². The molecular formula is C31H35N7O2. The molecule has 3 heterocycles. The number of aromatic nitrogens is 7. The fourth-order valence-corrected chi connectivity index (χ4v) is 4.86. The van der Waals surface area contributed by atoms with Gasteiger partial charge in [-0.3, -0.25) is 4.98 Å². The molecule has 9 heteroatoms. The summed E-state index contributed by atoms with van der Waals surface area (Å²) in [5.41, 5.74) is 7.15. The molecular weight excluding hydrogens is 502 g/mol. The molecule has 0 saturated heterocycles. The van der Waals surface area contributed by atoms with E-state index in [0.717, 1.165) is 64.2 Å². The molecule has 0 aliphatic heterocycles. The van der Waals surface area contributed by atoms with Crippen LogP contribution in [0.5, 0.6) is 0 Å². The highest BCUT2D eigenvalue weighted by atomic mass is 16.7. The Bertz CT molecular complexity index is 1490. The van der Waals surface area contributed by atoms with Gasteiger partial charge >= 0.3 is 0 Å². The average Bonchev–Trinajstić information content (AvgIpc) is 3.67. The third-order valence-corrected chi connectivity index (χ3v) is 6.74. The third kappa shape index (κ3) is 6.16. The molecule has 0 atom stereocenters. The maximum absolute atomic E-state index is 5.85. The Morgan fingerprint density at radius 3 is 2.40 bits per heavy atom. The molecule has 0 spiro atoms. The number of hydrogen-bond donors (Lipinski definition) is 1. The zero-order valence-electron chi connectivity index (χ0n) is 23.2. The lowest BCUT2D eigenvalue weighted by Crippen LogP contribution is -2.09. The van der Waals surface area contributed by atoms with Crippen LogP contribution < -0.4 is 0 Å². The predicted molar refractivity (Wildman–Crippen MR) is 154 cm³/mol. The summed E-state index contributed by atoms with van der Waals surface area (Å²) in [7, 11) is 0. The third-order valence-electron chi connectivity index (χ3n) is 6.74. The molecule has 5 rings (SSSR count). The van der Waals surface area contributed by atoms with Crippen LogP contribution in [-0.2, 0) is 22.4 Å². The number of hydrogen-bond acceptors (Lipinski definition) is 7. The van der Waals surface area contributed by atoms with Crippen molar-refractivity contribution in [3.63, 3.8) is 0 Å². The molecule has 9 nitrogen and oxygen atoms in total. The second kappa shape index (κ2) is 13.2. The van der Waals surface area contributed by atoms with Crippen LogP contribution in [0.4, 0.5) is 0 Å². The normalized spacial score (nSPS) is 11.4. The van der Waals surface area contributed by atoms with Crippen LogP contribution in [0.25, 0.3) is 33.6 Å². The van der Waals surface area contributed by atoms with Gasteiger partial charge in [-0.1, -0.05) is 55.8 Å². The molecule has 0 aliphatic rings. The van der Waals surface area contributed by atoms with Crippen molar-refractivity contribution in [1.82, 2.24) is 35.2 Å². The van der Waals surface area contributed by atoms with Crippen molar-refractivity contribution in [1.29, 1.82) is 0 Å². The number of aromatic amines is 1. The summed E-state index contributed by atoms with van der Waals surface area (Å²) in [6.45, 7) is 7.94. The second-order valence-electron chi connectivity index (χ2n) is 9.47. The van der Waals surface area contributed by atoms with E-state index in [1.165, 1.54) is 0 Å². The molecule has 5 aromatic rings. The van der Waals surface area contributed by atoms with E-state index >= 15 is 0 Å². The van der Waals surface area contributed by atoms with Crippen LogP contribution in [0.2, 0.25) is 0 Å². The number of ether oxygens (including phenoxy) is 2. The molecule has 0 saturated carbocycles. The van der Waals surface area contributed by atoms with Gasteiger partial charge in [-0.15, -0.1) is 5.10 Å². The van der Waals surface area contributed by atoms with Gasteiger partial charge in [0.2, 0.25) is 6.29 Å². The molecule has 0 fully saturated rings. The van der Waals surface area contributed by atoms with Crippen molar-refractivity contribution < 1.29 is 9.47 Å². The predicted octanol–water partition coefficient (Wildman–Crippen LogP) is 6.25. The lowest BCUT2D eigenvalue weighted by Gasteiger charge is -2.16. The first kappa shape index (κ1) is 27.4. The van der Waals surface area contributed by atoms with Crippen molar-refractivity contribution in [2.45, 2.75) is 52.9 Å². The number of benzene rings is 2. The molecule has 0 radical (unpaired) electrons. The highest BCUT2D eigenvalue weighted by Gasteiger charge is 2.19. The number of rotatable bonds is 13. The first-order valence-electron chi connectivity index (χ1n) is 13.9. The van der Waals surface area contributed by atoms with E-state index in [-0.39, 0.29) is 0 Å². The van der Waals surface area contributed by atoms with E-state index in [0.29, 0.717) is 25.6 Å². The van der Waals surface area contributed by atoms with Crippen LogP contribution in [0.1, 0.15) is 57.0 Å². The Morgan fingerprint density at radius 2 is 1.70 bits per heavy atom. The van der Waals surface area contributed by atoms with Crippen LogP contribution in [0.15, 0.2) is 73.2 Å². The Hall–Kier alpha value is -4.21. The monoisotopic (exact) mass is 537 g/mol. The summed E-state index contributed by atoms with van der Waals surface area (Å²) >= 11 is 0. The van der Waals surface area contributed by atoms with Gasteiger partial charge in [0.1, 0.15) is 11.5 Å². The van der Waals surface area contributed by atoms with Gasteiger partial charge in [0, 0.05) is 55.9 Å². The number of aryl methyl sites for hydroxylation is 1. The Balaban J connectivity index is 1.56. The van der Waals surface area contributed by atoms with Crippen molar-refractivity contribution in [3.8, 4) is 33.6 Å². The number of nitrogens with one attached hydrogen (secondary N) is 1. The topological polar surface area (TPSA) is 104 Å². The molecule has 0 bridgehead atoms. The zero-order valence-corrected chi connectivity index (χ0v) is 23.2. The number of nitrogens with zero attached hydrogens (tertiary/aromatic N) is 6. The van der Waals surface area contributed by atoms with Crippen molar-refractivity contribution in [3.05, 3.63) is 90.3 Å². The first-order chi connectivity index (χ1) is 19.7. The standard InChI is InChI=1S/C31H35N7O2/c1-4-7-14-29-33-28(31(39-5-2)40-6-3)21-38(29)20-22-15-16-25(27(18-22)23-11-10-17-32-19-23)24-12-8-9-13-26(24)30-34-36-37-35-30/h8-13,15-19,21,31H,4-7,14,20H2,1-3H3,(H,34,35,36,37). The van der Waals surface area contributed by atoms with Gasteiger partial charge in [0.25, 0.3) is 0 Å². The summed E-state index contributed by atoms with van der Waals surface area (Å²) in [5.74, 6) is 1.66. The largest absolute Gasteiger partial charge is 0.347 e. The summed E-state index contributed by atoms with van der Waals surface area (Å²) in [5, 5.41) is 14.6. The van der Waals surface area contributed by atoms with Gasteiger partial charge < -0.3 is 14.0 Å². The number of pyridine rings is 1. The highest BCUT2D eigenvalue weighted by molar-refractivity contribution is 5.90. The van der Waals surface area contributed by atoms with E-state index < -0.39 is 6.29 Å². The molecule has 40 heavy (non-hydrogen) atoms. The SMILES string of the molecule is CCCCc1nc(C(OCC)OCC)cn1Cc1ccc(-c2ccccc2-c2nnn[nH]2)c(-c2cccnc2)c1. The average molecular weight is 538 g/mol. The van der Waals surface area contributed by atoms with E-state index in [4.69, 9.17) is 14.5 Å². The highest BCUT2D eigenvalue weighted by Crippen LogP contribution is 2.37. The molecule has 206 valence electrons. The summed E-state index contributed by atoms with van der Waals surface area (Å²) in [6.07, 6.45) is 8.37. The van der Waals surface area contributed by atoms with Gasteiger partial charge in [-0.2, -0.15) is 0 Å². The summed E-state index contributed by atoms with van der Waals surface area (Å²) in [6, 6.07) is 18.8. The molecule has 2 aromatic carbocycles. The maximum Gasteiger partial charge on any atom is 0.202 e. The number of unbranched alkanes of at least 4 members (excludes halogenated alkanes) is 1. The van der Waals surface area contributed by atoms with Crippen molar-refractivity contribution >= 4 is 0 Å². The van der Waals surface area contributed by atoms with Gasteiger partial charge in [0.05, 0.1) is 0 Å². The van der Waals surface area contributed by atoms with E-state index in [1.807, 2.05) is 44.3 Å². The Kier molecular flexibility index (Phi) is 9.05. The van der Waals surface area contributed by atoms with Crippen LogP contribution in [0.3, 0.4) is 0 Å². The van der Waals surface area contributed by atoms with Crippen LogP contribution >= 0.6 is 0 Å². The first-order valence-corrected chi connectivity index (χ1v) is 13.9. The molecule has 1 N–H and O–H groups in total. The molecule has 0 aliphatic carbocycles. The van der Waals surface area contributed by atoms with Gasteiger partial charge in [-0.25, -0.2) is 10.1 Å². The summed E-state index contributed by atoms with van der Waals surface area (Å²) < 4.78 is 13.9. The number of tetrazole rings is 1. The minimum absolute atomic E-state index is 0.466. The van der Waals surface area contributed by atoms with E-state index in [2.05, 4.69) is 73.6 Å². The minimum Gasteiger partial charge on any atom is -0.347 e. The van der Waals surface area contributed by atoms with E-state index in [9.17, 15) is 0 Å². The van der Waals surface area contributed by atoms with Gasteiger partial charge in [0.15, 0.2) is 5.82 Å². The van der Waals surface area contributed by atoms with Crippen LogP contribution in [0, 0.1) is 0 Å². The lowest BCUT2D eigenvalue weighted by molar-refractivity contribution is -0.142. The summed E-state index contributed by atoms with van der Waals surface area (Å²) in [4.78, 5) is 9.35. The second-order valence-corrected chi connectivity index (χ2v) is 9.47. The Labute approximate surface area is 234 Å². The number of H-pyrrole nitrogens is 1. The molecule has 0 amide bonds. The molecule has 3 aromatic heterocycles. The quantitative estimate of drug-likeness (QED) is 0.177. The lowest BCUT2D eigenvalue weighted by atomic mass is 9.90. The van der Waals surface area contributed by atoms with Crippen molar-refractivity contribution in [2.75, 3.05) is 13.2 Å². The fraction of sp³-hybridized carbons (Fsp3) is 0.323. The van der Waals surface area contributed by atoms with E-state index in [1.54, 1.807) is 6.20 Å². The maximum atomic E-state index is 5.85. The smallest absolute Gasteiger partial charge is 0.202 e. The van der Waals surface area contributed by atoms with Crippen molar-refractivity contribution in [2.24, 2.45) is 0 Å². The fourth-order valence-electron chi connectivity index (χ4n) is 4.86. The zero-order chi connectivity index (χ0) is 27.7. The molecule has 0 unspecified atom stereocenters. The number of imidazole rings is 1. The Morgan fingerprint density at radius 1 is 0.900 bits per heavy atom. The minimum atomic E-state index is -0.466.